The quantitative estimate of drug-likeness (QED) is 0.710. The minimum absolute atomic E-state index is 0.449. The van der Waals surface area contributed by atoms with E-state index < -0.39 is 29.1 Å². The van der Waals surface area contributed by atoms with E-state index in [1.165, 1.54) is 0 Å². The van der Waals surface area contributed by atoms with Gasteiger partial charge in [0.15, 0.2) is 0 Å². The SMILES string of the molecule is CCC(C)(C)C(=O)OC(C)(C1CCCC1)C(F)(F)F. The lowest BCUT2D eigenvalue weighted by Gasteiger charge is -2.38. The molecule has 1 saturated carbocycles. The van der Waals surface area contributed by atoms with Crippen molar-refractivity contribution in [3.05, 3.63) is 0 Å². The molecule has 0 amide bonds. The second-order valence-electron chi connectivity index (χ2n) is 6.21. The predicted octanol–water partition coefficient (Wildman–Crippen LogP) is 4.48. The molecule has 0 radical (unpaired) electrons. The van der Waals surface area contributed by atoms with Gasteiger partial charge in [-0.2, -0.15) is 13.2 Å². The molecule has 5 heteroatoms. The number of ether oxygens (including phenoxy) is 1. The first kappa shape index (κ1) is 16.3. The van der Waals surface area contributed by atoms with Crippen LogP contribution < -0.4 is 0 Å². The summed E-state index contributed by atoms with van der Waals surface area (Å²) in [7, 11) is 0. The molecule has 19 heavy (non-hydrogen) atoms. The lowest BCUT2D eigenvalue weighted by molar-refractivity contribution is -0.283. The van der Waals surface area contributed by atoms with Crippen molar-refractivity contribution >= 4 is 5.97 Å². The zero-order valence-electron chi connectivity index (χ0n) is 12.1. The van der Waals surface area contributed by atoms with E-state index in [1.54, 1.807) is 20.8 Å². The van der Waals surface area contributed by atoms with E-state index in [4.69, 9.17) is 4.74 Å². The molecule has 112 valence electrons. The summed E-state index contributed by atoms with van der Waals surface area (Å²) in [5, 5.41) is 0. The molecule has 0 aromatic rings. The third kappa shape index (κ3) is 3.23. The summed E-state index contributed by atoms with van der Waals surface area (Å²) in [6.45, 7) is 6.01. The van der Waals surface area contributed by atoms with Crippen LogP contribution in [-0.4, -0.2) is 17.7 Å². The van der Waals surface area contributed by atoms with Crippen LogP contribution in [0.4, 0.5) is 13.2 Å². The summed E-state index contributed by atoms with van der Waals surface area (Å²) in [5.41, 5.74) is -3.24. The molecule has 0 N–H and O–H groups in total. The Bertz CT molecular complexity index is 330. The van der Waals surface area contributed by atoms with Crippen LogP contribution in [0.15, 0.2) is 0 Å². The number of carbonyl (C=O) groups is 1. The molecule has 0 spiro atoms. The van der Waals surface area contributed by atoms with Gasteiger partial charge in [-0.05, 0) is 40.0 Å². The van der Waals surface area contributed by atoms with Gasteiger partial charge in [0.1, 0.15) is 0 Å². The average molecular weight is 280 g/mol. The lowest BCUT2D eigenvalue weighted by Crippen LogP contribution is -2.53. The molecule has 1 rings (SSSR count). The van der Waals surface area contributed by atoms with Crippen molar-refractivity contribution in [2.45, 2.75) is 71.6 Å². The molecule has 0 aromatic heterocycles. The first-order chi connectivity index (χ1) is 8.54. The fourth-order valence-electron chi connectivity index (χ4n) is 2.32. The summed E-state index contributed by atoms with van der Waals surface area (Å²) in [5.74, 6) is -1.38. The van der Waals surface area contributed by atoms with Gasteiger partial charge >= 0.3 is 12.1 Å². The Hall–Kier alpha value is -0.740. The Morgan fingerprint density at radius 3 is 2.00 bits per heavy atom. The fraction of sp³-hybridized carbons (Fsp3) is 0.929. The summed E-state index contributed by atoms with van der Waals surface area (Å²) in [4.78, 5) is 12.0. The fourth-order valence-corrected chi connectivity index (χ4v) is 2.32. The average Bonchev–Trinajstić information content (AvgIpc) is 2.80. The standard InChI is InChI=1S/C14H23F3O2/c1-5-12(2,3)11(18)19-13(4,14(15,16)17)10-8-6-7-9-10/h10H,5-9H2,1-4H3. The molecule has 0 saturated heterocycles. The van der Waals surface area contributed by atoms with Crippen molar-refractivity contribution in [2.75, 3.05) is 0 Å². The summed E-state index contributed by atoms with van der Waals surface area (Å²) in [6, 6.07) is 0. The number of esters is 1. The number of halogens is 3. The Kier molecular flexibility index (Phi) is 4.58. The number of hydrogen-bond acceptors (Lipinski definition) is 2. The number of hydrogen-bond donors (Lipinski definition) is 0. The summed E-state index contributed by atoms with van der Waals surface area (Å²) < 4.78 is 45.0. The van der Waals surface area contributed by atoms with E-state index in [9.17, 15) is 18.0 Å². The molecule has 2 nitrogen and oxygen atoms in total. The van der Waals surface area contributed by atoms with E-state index in [1.807, 2.05) is 0 Å². The van der Waals surface area contributed by atoms with E-state index in [-0.39, 0.29) is 0 Å². The molecule has 0 heterocycles. The van der Waals surface area contributed by atoms with Gasteiger partial charge in [0.05, 0.1) is 5.41 Å². The Labute approximate surface area is 112 Å². The van der Waals surface area contributed by atoms with Gasteiger partial charge in [-0.1, -0.05) is 19.8 Å². The Morgan fingerprint density at radius 1 is 1.16 bits per heavy atom. The van der Waals surface area contributed by atoms with E-state index in [2.05, 4.69) is 0 Å². The van der Waals surface area contributed by atoms with E-state index in [0.717, 1.165) is 19.8 Å². The monoisotopic (exact) mass is 280 g/mol. The number of alkyl halides is 3. The van der Waals surface area contributed by atoms with Gasteiger partial charge in [0.25, 0.3) is 0 Å². The maximum absolute atomic E-state index is 13.3. The molecule has 0 aliphatic heterocycles. The highest BCUT2D eigenvalue weighted by Gasteiger charge is 2.60. The second kappa shape index (κ2) is 5.33. The van der Waals surface area contributed by atoms with Crippen molar-refractivity contribution in [1.82, 2.24) is 0 Å². The minimum atomic E-state index is -4.53. The molecule has 1 aliphatic rings. The highest BCUT2D eigenvalue weighted by atomic mass is 19.4. The normalized spacial score (nSPS) is 21.2. The van der Waals surface area contributed by atoms with Crippen LogP contribution >= 0.6 is 0 Å². The first-order valence-corrected chi connectivity index (χ1v) is 6.85. The third-order valence-electron chi connectivity index (χ3n) is 4.44. The van der Waals surface area contributed by atoms with Gasteiger partial charge in [-0.25, -0.2) is 0 Å². The van der Waals surface area contributed by atoms with Crippen LogP contribution in [0, 0.1) is 11.3 Å². The Morgan fingerprint density at radius 2 is 1.63 bits per heavy atom. The van der Waals surface area contributed by atoms with Crippen LogP contribution in [0.1, 0.15) is 59.8 Å². The van der Waals surface area contributed by atoms with Crippen molar-refractivity contribution in [3.63, 3.8) is 0 Å². The Balaban J connectivity index is 2.96. The molecule has 1 aliphatic carbocycles. The largest absolute Gasteiger partial charge is 0.449 e. The molecule has 0 aromatic carbocycles. The molecule has 0 bridgehead atoms. The van der Waals surface area contributed by atoms with Crippen molar-refractivity contribution in [1.29, 1.82) is 0 Å². The smallest absolute Gasteiger partial charge is 0.428 e. The van der Waals surface area contributed by atoms with Crippen LogP contribution in [-0.2, 0) is 9.53 Å². The highest BCUT2D eigenvalue weighted by molar-refractivity contribution is 5.76. The van der Waals surface area contributed by atoms with E-state index in [0.29, 0.717) is 19.3 Å². The minimum Gasteiger partial charge on any atom is -0.449 e. The maximum atomic E-state index is 13.3. The van der Waals surface area contributed by atoms with Crippen LogP contribution in [0.3, 0.4) is 0 Å². The van der Waals surface area contributed by atoms with Gasteiger partial charge in [0, 0.05) is 5.92 Å². The molecule has 1 atom stereocenters. The first-order valence-electron chi connectivity index (χ1n) is 6.85. The van der Waals surface area contributed by atoms with Crippen LogP contribution in [0.25, 0.3) is 0 Å². The van der Waals surface area contributed by atoms with E-state index >= 15 is 0 Å². The predicted molar refractivity (Wildman–Crippen MR) is 66.6 cm³/mol. The summed E-state index contributed by atoms with van der Waals surface area (Å²) in [6.07, 6.45) is -1.60. The van der Waals surface area contributed by atoms with Crippen molar-refractivity contribution in [3.8, 4) is 0 Å². The van der Waals surface area contributed by atoms with Crippen LogP contribution in [0.2, 0.25) is 0 Å². The van der Waals surface area contributed by atoms with Crippen LogP contribution in [0.5, 0.6) is 0 Å². The summed E-state index contributed by atoms with van der Waals surface area (Å²) >= 11 is 0. The van der Waals surface area contributed by atoms with Gasteiger partial charge in [0.2, 0.25) is 5.60 Å². The van der Waals surface area contributed by atoms with Gasteiger partial charge < -0.3 is 4.74 Å². The number of carbonyl (C=O) groups excluding carboxylic acids is 1. The zero-order valence-corrected chi connectivity index (χ0v) is 12.1. The van der Waals surface area contributed by atoms with Crippen molar-refractivity contribution < 1.29 is 22.7 Å². The highest BCUT2D eigenvalue weighted by Crippen LogP contribution is 2.47. The second-order valence-corrected chi connectivity index (χ2v) is 6.21. The lowest BCUT2D eigenvalue weighted by atomic mass is 9.85. The molecular formula is C14H23F3O2. The van der Waals surface area contributed by atoms with Gasteiger partial charge in [-0.3, -0.25) is 4.79 Å². The molecule has 1 fully saturated rings. The molecular weight excluding hydrogens is 257 g/mol. The van der Waals surface area contributed by atoms with Gasteiger partial charge in [-0.15, -0.1) is 0 Å². The zero-order chi connectivity index (χ0) is 14.9. The topological polar surface area (TPSA) is 26.3 Å². The molecule has 1 unspecified atom stereocenters. The van der Waals surface area contributed by atoms with Crippen molar-refractivity contribution in [2.24, 2.45) is 11.3 Å². The maximum Gasteiger partial charge on any atom is 0.428 e. The number of rotatable bonds is 4. The third-order valence-corrected chi connectivity index (χ3v) is 4.44.